The number of carbonyl (C=O) groups excluding carboxylic acids is 1. The fourth-order valence-electron chi connectivity index (χ4n) is 3.06. The van der Waals surface area contributed by atoms with Gasteiger partial charge in [0.2, 0.25) is 0 Å². The zero-order valence-corrected chi connectivity index (χ0v) is 15.9. The highest BCUT2D eigenvalue weighted by atomic mass is 16.6. The van der Waals surface area contributed by atoms with Gasteiger partial charge in [-0.1, -0.05) is 0 Å². The zero-order chi connectivity index (χ0) is 20.3. The van der Waals surface area contributed by atoms with Gasteiger partial charge in [0.05, 0.1) is 30.9 Å². The summed E-state index contributed by atoms with van der Waals surface area (Å²) >= 11 is 0. The van der Waals surface area contributed by atoms with Gasteiger partial charge in [0.1, 0.15) is 5.56 Å². The third-order valence-corrected chi connectivity index (χ3v) is 4.60. The second kappa shape index (κ2) is 8.07. The minimum atomic E-state index is -0.590. The Balaban J connectivity index is 1.79. The largest absolute Gasteiger partial charge is 0.493 e. The summed E-state index contributed by atoms with van der Waals surface area (Å²) in [6.07, 6.45) is 0. The van der Waals surface area contributed by atoms with E-state index in [0.717, 1.165) is 11.5 Å². The molecule has 1 fully saturated rings. The average Bonchev–Trinajstić information content (AvgIpc) is 2.72. The molecule has 10 heteroatoms. The number of aryl methyl sites for hydroxylation is 1. The summed E-state index contributed by atoms with van der Waals surface area (Å²) in [4.78, 5) is 27.4. The lowest BCUT2D eigenvalue weighted by atomic mass is 10.1. The fourth-order valence-corrected chi connectivity index (χ4v) is 3.06. The van der Waals surface area contributed by atoms with Gasteiger partial charge in [0.25, 0.3) is 11.6 Å². The molecule has 0 saturated carbocycles. The maximum Gasteiger partial charge on any atom is 0.286 e. The summed E-state index contributed by atoms with van der Waals surface area (Å²) in [6.45, 7) is 3.82. The lowest BCUT2D eigenvalue weighted by Gasteiger charge is -2.35. The van der Waals surface area contributed by atoms with Crippen LogP contribution < -0.4 is 14.4 Å². The van der Waals surface area contributed by atoms with E-state index < -0.39 is 10.8 Å². The van der Waals surface area contributed by atoms with Crippen LogP contribution in [-0.4, -0.2) is 66.3 Å². The van der Waals surface area contributed by atoms with Crippen LogP contribution in [0.1, 0.15) is 16.1 Å². The molecule has 0 aliphatic carbocycles. The van der Waals surface area contributed by atoms with Crippen LogP contribution in [0.5, 0.6) is 11.5 Å². The molecule has 0 spiro atoms. The minimum absolute atomic E-state index is 0.0220. The fraction of sp³-hybridized carbons (Fsp3) is 0.389. The molecule has 1 amide bonds. The van der Waals surface area contributed by atoms with Crippen molar-refractivity contribution in [2.75, 3.05) is 45.3 Å². The number of piperazine rings is 1. The predicted molar refractivity (Wildman–Crippen MR) is 101 cm³/mol. The van der Waals surface area contributed by atoms with Crippen molar-refractivity contribution in [2.45, 2.75) is 6.92 Å². The Morgan fingerprint density at radius 2 is 1.71 bits per heavy atom. The minimum Gasteiger partial charge on any atom is -0.493 e. The number of nitro benzene ring substituents is 1. The molecule has 10 nitrogen and oxygen atoms in total. The van der Waals surface area contributed by atoms with Crippen LogP contribution in [0.25, 0.3) is 0 Å². The Hall–Kier alpha value is -3.43. The molecular weight excluding hydrogens is 366 g/mol. The molecular formula is C18H21N5O5. The Morgan fingerprint density at radius 3 is 2.25 bits per heavy atom. The van der Waals surface area contributed by atoms with Gasteiger partial charge in [-0.05, 0) is 19.1 Å². The van der Waals surface area contributed by atoms with Crippen molar-refractivity contribution in [2.24, 2.45) is 0 Å². The third kappa shape index (κ3) is 3.80. The molecule has 28 heavy (non-hydrogen) atoms. The molecule has 0 N–H and O–H groups in total. The first-order valence-electron chi connectivity index (χ1n) is 8.69. The molecule has 1 aromatic carbocycles. The number of ether oxygens (including phenoxy) is 2. The lowest BCUT2D eigenvalue weighted by molar-refractivity contribution is -0.385. The first-order chi connectivity index (χ1) is 13.4. The molecule has 2 heterocycles. The van der Waals surface area contributed by atoms with Crippen molar-refractivity contribution in [1.82, 2.24) is 15.1 Å². The van der Waals surface area contributed by atoms with Crippen LogP contribution >= 0.6 is 0 Å². The van der Waals surface area contributed by atoms with Crippen molar-refractivity contribution in [3.63, 3.8) is 0 Å². The van der Waals surface area contributed by atoms with Gasteiger partial charge in [-0.25, -0.2) is 0 Å². The van der Waals surface area contributed by atoms with E-state index in [1.54, 1.807) is 4.90 Å². The van der Waals surface area contributed by atoms with Crippen molar-refractivity contribution in [3.05, 3.63) is 45.6 Å². The number of hydrogen-bond acceptors (Lipinski definition) is 8. The number of hydrogen-bond donors (Lipinski definition) is 0. The molecule has 0 radical (unpaired) electrons. The molecule has 148 valence electrons. The number of carbonyl (C=O) groups is 1. The summed E-state index contributed by atoms with van der Waals surface area (Å²) in [5.41, 5.74) is 0.499. The Kier molecular flexibility index (Phi) is 5.57. The first-order valence-corrected chi connectivity index (χ1v) is 8.69. The molecule has 3 rings (SSSR count). The summed E-state index contributed by atoms with van der Waals surface area (Å²) in [5, 5.41) is 19.7. The quantitative estimate of drug-likeness (QED) is 0.563. The summed E-state index contributed by atoms with van der Waals surface area (Å²) in [6, 6.07) is 6.34. The van der Waals surface area contributed by atoms with Crippen LogP contribution in [0.2, 0.25) is 0 Å². The molecule has 1 saturated heterocycles. The number of benzene rings is 1. The van der Waals surface area contributed by atoms with Gasteiger partial charge in [-0.15, -0.1) is 5.10 Å². The van der Waals surface area contributed by atoms with E-state index >= 15 is 0 Å². The summed E-state index contributed by atoms with van der Waals surface area (Å²) in [5.74, 6) is 0.802. The molecule has 1 aliphatic rings. The monoisotopic (exact) mass is 387 g/mol. The van der Waals surface area contributed by atoms with Crippen molar-refractivity contribution < 1.29 is 19.2 Å². The Labute approximate surface area is 161 Å². The summed E-state index contributed by atoms with van der Waals surface area (Å²) < 4.78 is 10.3. The molecule has 1 aromatic heterocycles. The maximum absolute atomic E-state index is 13.0. The molecule has 1 aliphatic heterocycles. The van der Waals surface area contributed by atoms with Crippen molar-refractivity contribution >= 4 is 17.4 Å². The number of amides is 1. The molecule has 0 atom stereocenters. The van der Waals surface area contributed by atoms with Crippen LogP contribution in [-0.2, 0) is 0 Å². The smallest absolute Gasteiger partial charge is 0.286 e. The third-order valence-electron chi connectivity index (χ3n) is 4.60. The number of aromatic nitrogens is 2. The summed E-state index contributed by atoms with van der Waals surface area (Å²) in [7, 11) is 2.80. The number of anilines is 1. The van der Waals surface area contributed by atoms with Gasteiger partial charge in [0, 0.05) is 32.2 Å². The molecule has 0 unspecified atom stereocenters. The standard InChI is InChI=1S/C18H21N5O5/c1-12-4-5-17(20-19-12)21-6-8-22(9-7-21)18(24)13-10-15(27-2)16(28-3)11-14(13)23(25)26/h4-5,10-11H,6-9H2,1-3H3. The molecule has 0 bridgehead atoms. The van der Waals surface area contributed by atoms with E-state index in [1.807, 2.05) is 24.0 Å². The number of methoxy groups -OCH3 is 2. The second-order valence-electron chi connectivity index (χ2n) is 6.29. The van der Waals surface area contributed by atoms with Crippen LogP contribution in [0.15, 0.2) is 24.3 Å². The van der Waals surface area contributed by atoms with Gasteiger partial charge < -0.3 is 19.3 Å². The highest BCUT2D eigenvalue weighted by Gasteiger charge is 2.30. The lowest BCUT2D eigenvalue weighted by Crippen LogP contribution is -2.49. The SMILES string of the molecule is COc1cc(C(=O)N2CCN(c3ccc(C)nn3)CC2)c([N+](=O)[O-])cc1OC. The Bertz CT molecular complexity index is 879. The first kappa shape index (κ1) is 19.3. The van der Waals surface area contributed by atoms with E-state index in [9.17, 15) is 14.9 Å². The highest BCUT2D eigenvalue weighted by molar-refractivity contribution is 5.99. The Morgan fingerprint density at radius 1 is 1.07 bits per heavy atom. The predicted octanol–water partition coefficient (Wildman–Crippen LogP) is 1.67. The number of nitrogens with zero attached hydrogens (tertiary/aromatic N) is 5. The average molecular weight is 387 g/mol. The van der Waals surface area contributed by atoms with E-state index in [0.29, 0.717) is 26.2 Å². The number of rotatable bonds is 5. The zero-order valence-electron chi connectivity index (χ0n) is 15.9. The number of nitro groups is 1. The van der Waals surface area contributed by atoms with Crippen molar-refractivity contribution in [3.8, 4) is 11.5 Å². The van der Waals surface area contributed by atoms with Gasteiger partial charge >= 0.3 is 0 Å². The van der Waals surface area contributed by atoms with Crippen LogP contribution in [0, 0.1) is 17.0 Å². The van der Waals surface area contributed by atoms with Crippen LogP contribution in [0.3, 0.4) is 0 Å². The second-order valence-corrected chi connectivity index (χ2v) is 6.29. The van der Waals surface area contributed by atoms with E-state index in [4.69, 9.17) is 9.47 Å². The van der Waals surface area contributed by atoms with Crippen LogP contribution in [0.4, 0.5) is 11.5 Å². The topological polar surface area (TPSA) is 111 Å². The van der Waals surface area contributed by atoms with Gasteiger partial charge in [-0.2, -0.15) is 5.10 Å². The van der Waals surface area contributed by atoms with E-state index in [2.05, 4.69) is 10.2 Å². The van der Waals surface area contributed by atoms with Gasteiger partial charge in [-0.3, -0.25) is 14.9 Å². The molecule has 2 aromatic rings. The van der Waals surface area contributed by atoms with Gasteiger partial charge in [0.15, 0.2) is 17.3 Å². The highest BCUT2D eigenvalue weighted by Crippen LogP contribution is 2.35. The van der Waals surface area contributed by atoms with Crippen molar-refractivity contribution in [1.29, 1.82) is 0 Å². The van der Waals surface area contributed by atoms with E-state index in [1.165, 1.54) is 26.4 Å². The maximum atomic E-state index is 13.0. The van der Waals surface area contributed by atoms with E-state index in [-0.39, 0.29) is 22.7 Å². The normalized spacial score (nSPS) is 14.0.